The van der Waals surface area contributed by atoms with Gasteiger partial charge in [0.25, 0.3) is 0 Å². The third-order valence-electron chi connectivity index (χ3n) is 3.25. The van der Waals surface area contributed by atoms with Gasteiger partial charge in [0.05, 0.1) is 12.1 Å². The fourth-order valence-electron chi connectivity index (χ4n) is 2.08. The van der Waals surface area contributed by atoms with Crippen LogP contribution in [-0.2, 0) is 11.3 Å². The average Bonchev–Trinajstić information content (AvgIpc) is 2.42. The Hall–Kier alpha value is -1.95. The Morgan fingerprint density at radius 3 is 2.38 bits per heavy atom. The molecule has 0 fully saturated rings. The molecular weight excluding hydrogens is 275 g/mol. The number of aromatic carboxylic acids is 1. The Bertz CT molecular complexity index is 516. The van der Waals surface area contributed by atoms with E-state index in [-0.39, 0.29) is 30.1 Å². The predicted molar refractivity (Wildman–Crippen MR) is 77.6 cm³/mol. The first-order valence-corrected chi connectivity index (χ1v) is 6.87. The van der Waals surface area contributed by atoms with E-state index < -0.39 is 11.8 Å². The van der Waals surface area contributed by atoms with Crippen molar-refractivity contribution in [1.29, 1.82) is 0 Å². The van der Waals surface area contributed by atoms with E-state index in [0.717, 1.165) is 6.07 Å². The maximum Gasteiger partial charge on any atom is 0.335 e. The first-order chi connectivity index (χ1) is 9.88. The van der Waals surface area contributed by atoms with Crippen molar-refractivity contribution in [3.8, 4) is 0 Å². The highest BCUT2D eigenvalue weighted by molar-refractivity contribution is 5.87. The summed E-state index contributed by atoms with van der Waals surface area (Å²) >= 11 is 0. The van der Waals surface area contributed by atoms with E-state index in [1.807, 2.05) is 13.8 Å². The molecule has 0 spiro atoms. The zero-order valence-corrected chi connectivity index (χ0v) is 12.6. The van der Waals surface area contributed by atoms with Gasteiger partial charge in [-0.3, -0.25) is 9.69 Å². The summed E-state index contributed by atoms with van der Waals surface area (Å²) in [6.07, 6.45) is 0. The zero-order valence-electron chi connectivity index (χ0n) is 12.6. The molecule has 0 atom stereocenters. The summed E-state index contributed by atoms with van der Waals surface area (Å²) in [5, 5.41) is 8.92. The van der Waals surface area contributed by atoms with Crippen LogP contribution < -0.4 is 0 Å². The van der Waals surface area contributed by atoms with Crippen molar-refractivity contribution in [3.63, 3.8) is 0 Å². The first kappa shape index (κ1) is 17.1. The number of benzene rings is 1. The normalized spacial score (nSPS) is 10.7. The van der Waals surface area contributed by atoms with E-state index in [0.29, 0.717) is 13.1 Å². The molecule has 116 valence electrons. The summed E-state index contributed by atoms with van der Waals surface area (Å²) in [5.74, 6) is -1.60. The molecule has 1 amide bonds. The van der Waals surface area contributed by atoms with Crippen LogP contribution in [0.3, 0.4) is 0 Å². The van der Waals surface area contributed by atoms with Gasteiger partial charge < -0.3 is 10.0 Å². The molecule has 0 aliphatic carbocycles. The van der Waals surface area contributed by atoms with Crippen LogP contribution in [0.1, 0.15) is 29.8 Å². The van der Waals surface area contributed by atoms with Crippen LogP contribution in [0, 0.1) is 5.82 Å². The van der Waals surface area contributed by atoms with Crippen molar-refractivity contribution >= 4 is 11.9 Å². The second-order valence-corrected chi connectivity index (χ2v) is 4.85. The topological polar surface area (TPSA) is 60.9 Å². The highest BCUT2D eigenvalue weighted by Gasteiger charge is 2.15. The molecule has 6 heteroatoms. The van der Waals surface area contributed by atoms with Gasteiger partial charge in [0.2, 0.25) is 5.91 Å². The third-order valence-corrected chi connectivity index (χ3v) is 3.25. The molecule has 1 aromatic rings. The molecular formula is C15H21FN2O3. The Morgan fingerprint density at radius 1 is 1.24 bits per heavy atom. The van der Waals surface area contributed by atoms with E-state index >= 15 is 0 Å². The number of rotatable bonds is 7. The lowest BCUT2D eigenvalue weighted by atomic mass is 10.1. The summed E-state index contributed by atoms with van der Waals surface area (Å²) in [6.45, 7) is 5.41. The minimum absolute atomic E-state index is 0.0303. The number of halogens is 1. The quantitative estimate of drug-likeness (QED) is 0.834. The summed E-state index contributed by atoms with van der Waals surface area (Å²) in [5.41, 5.74) is 0.305. The molecule has 0 radical (unpaired) electrons. The Morgan fingerprint density at radius 2 is 1.86 bits per heavy atom. The minimum atomic E-state index is -1.10. The number of hydrogen-bond acceptors (Lipinski definition) is 3. The monoisotopic (exact) mass is 296 g/mol. The number of carboxylic acids is 1. The largest absolute Gasteiger partial charge is 0.478 e. The molecule has 1 aromatic carbocycles. The number of likely N-dealkylation sites (N-methyl/N-ethyl adjacent to an activating group) is 2. The molecule has 5 nitrogen and oxygen atoms in total. The average molecular weight is 296 g/mol. The molecule has 0 saturated heterocycles. The summed E-state index contributed by atoms with van der Waals surface area (Å²) < 4.78 is 13.7. The number of carbonyl (C=O) groups is 2. The van der Waals surface area contributed by atoms with Gasteiger partial charge in [-0.1, -0.05) is 0 Å². The van der Waals surface area contributed by atoms with Crippen LogP contribution in [0.2, 0.25) is 0 Å². The summed E-state index contributed by atoms with van der Waals surface area (Å²) in [7, 11) is 1.70. The van der Waals surface area contributed by atoms with Crippen LogP contribution in [0.15, 0.2) is 18.2 Å². The van der Waals surface area contributed by atoms with E-state index in [1.54, 1.807) is 16.8 Å². The van der Waals surface area contributed by atoms with Gasteiger partial charge >= 0.3 is 5.97 Å². The van der Waals surface area contributed by atoms with Gasteiger partial charge in [-0.05, 0) is 39.1 Å². The molecule has 0 aromatic heterocycles. The summed E-state index contributed by atoms with van der Waals surface area (Å²) in [6, 6.07) is 3.66. The number of carboxylic acid groups (broad SMARTS) is 1. The number of nitrogens with zero attached hydrogens (tertiary/aromatic N) is 2. The van der Waals surface area contributed by atoms with Crippen LogP contribution in [0.25, 0.3) is 0 Å². The SMILES string of the molecule is CCN(CC)C(=O)CN(C)Cc1cc(C(=O)O)ccc1F. The maximum absolute atomic E-state index is 13.7. The lowest BCUT2D eigenvalue weighted by Gasteiger charge is -2.23. The van der Waals surface area contributed by atoms with E-state index in [2.05, 4.69) is 0 Å². The smallest absolute Gasteiger partial charge is 0.335 e. The van der Waals surface area contributed by atoms with Gasteiger partial charge in [-0.25, -0.2) is 9.18 Å². The van der Waals surface area contributed by atoms with Gasteiger partial charge in [0.1, 0.15) is 5.82 Å². The molecule has 0 heterocycles. The van der Waals surface area contributed by atoms with Crippen LogP contribution >= 0.6 is 0 Å². The Balaban J connectivity index is 2.74. The Labute approximate surface area is 124 Å². The van der Waals surface area contributed by atoms with Crippen LogP contribution in [-0.4, -0.2) is 53.5 Å². The van der Waals surface area contributed by atoms with E-state index in [9.17, 15) is 14.0 Å². The Kier molecular flexibility index (Phi) is 6.30. The van der Waals surface area contributed by atoms with Crippen molar-refractivity contribution in [3.05, 3.63) is 35.1 Å². The van der Waals surface area contributed by atoms with Gasteiger partial charge in [0.15, 0.2) is 0 Å². The number of carbonyl (C=O) groups excluding carboxylic acids is 1. The number of hydrogen-bond donors (Lipinski definition) is 1. The molecule has 0 bridgehead atoms. The highest BCUT2D eigenvalue weighted by atomic mass is 19.1. The van der Waals surface area contributed by atoms with E-state index in [1.165, 1.54) is 12.1 Å². The lowest BCUT2D eigenvalue weighted by molar-refractivity contribution is -0.131. The van der Waals surface area contributed by atoms with Crippen LogP contribution in [0.5, 0.6) is 0 Å². The first-order valence-electron chi connectivity index (χ1n) is 6.87. The van der Waals surface area contributed by atoms with Crippen molar-refractivity contribution in [2.24, 2.45) is 0 Å². The van der Waals surface area contributed by atoms with Crippen molar-refractivity contribution in [2.45, 2.75) is 20.4 Å². The summed E-state index contributed by atoms with van der Waals surface area (Å²) in [4.78, 5) is 26.2. The third kappa shape index (κ3) is 4.82. The molecule has 0 aliphatic rings. The standard InChI is InChI=1S/C15H21FN2O3/c1-4-18(5-2)14(19)10-17(3)9-12-8-11(15(20)21)6-7-13(12)16/h6-8H,4-5,9-10H2,1-3H3,(H,20,21). The zero-order chi connectivity index (χ0) is 16.0. The van der Waals surface area contributed by atoms with Gasteiger partial charge in [-0.15, -0.1) is 0 Å². The predicted octanol–water partition coefficient (Wildman–Crippen LogP) is 1.82. The molecule has 0 aliphatic heterocycles. The maximum atomic E-state index is 13.7. The fraction of sp³-hybridized carbons (Fsp3) is 0.467. The fourth-order valence-corrected chi connectivity index (χ4v) is 2.08. The number of amides is 1. The molecule has 1 N–H and O–H groups in total. The van der Waals surface area contributed by atoms with Gasteiger partial charge in [0, 0.05) is 25.2 Å². The van der Waals surface area contributed by atoms with Crippen molar-refractivity contribution < 1.29 is 19.1 Å². The second kappa shape index (κ2) is 7.73. The molecule has 21 heavy (non-hydrogen) atoms. The molecule has 0 saturated carbocycles. The molecule has 1 rings (SSSR count). The minimum Gasteiger partial charge on any atom is -0.478 e. The van der Waals surface area contributed by atoms with Crippen molar-refractivity contribution in [2.75, 3.05) is 26.7 Å². The van der Waals surface area contributed by atoms with E-state index in [4.69, 9.17) is 5.11 Å². The lowest BCUT2D eigenvalue weighted by Crippen LogP contribution is -2.38. The van der Waals surface area contributed by atoms with Gasteiger partial charge in [-0.2, -0.15) is 0 Å². The molecule has 0 unspecified atom stereocenters. The van der Waals surface area contributed by atoms with Crippen molar-refractivity contribution in [1.82, 2.24) is 9.80 Å². The highest BCUT2D eigenvalue weighted by Crippen LogP contribution is 2.13. The van der Waals surface area contributed by atoms with Crippen LogP contribution in [0.4, 0.5) is 4.39 Å². The second-order valence-electron chi connectivity index (χ2n) is 4.85.